The van der Waals surface area contributed by atoms with E-state index in [1.54, 1.807) is 0 Å². The average Bonchev–Trinajstić information content (AvgIpc) is 3.00. The van der Waals surface area contributed by atoms with E-state index in [-0.39, 0.29) is 11.3 Å². The lowest BCUT2D eigenvalue weighted by Crippen LogP contribution is -2.48. The highest BCUT2D eigenvalue weighted by molar-refractivity contribution is 6.08. The molecule has 1 amide bonds. The number of hydrogen-bond donors (Lipinski definition) is 0. The number of fused-ring (bicyclic) bond motifs is 2. The number of pyridine rings is 1. The molecule has 5 rings (SSSR count). The van der Waals surface area contributed by atoms with Gasteiger partial charge in [0.15, 0.2) is 0 Å². The molecule has 0 N–H and O–H groups in total. The minimum atomic E-state index is -0.383. The van der Waals surface area contributed by atoms with Crippen LogP contribution in [0.4, 0.5) is 5.69 Å². The molecule has 0 unspecified atom stereocenters. The minimum absolute atomic E-state index is 0.264. The van der Waals surface area contributed by atoms with E-state index >= 15 is 0 Å². The van der Waals surface area contributed by atoms with Crippen LogP contribution in [0.15, 0.2) is 79.0 Å². The van der Waals surface area contributed by atoms with Gasteiger partial charge in [-0.1, -0.05) is 54.6 Å². The summed E-state index contributed by atoms with van der Waals surface area (Å²) in [5.41, 5.74) is 4.16. The summed E-state index contributed by atoms with van der Waals surface area (Å²) < 4.78 is 0. The van der Waals surface area contributed by atoms with Crippen molar-refractivity contribution in [2.24, 2.45) is 0 Å². The SMILES string of the molecule is O=C1N(Cc2ccccc2)c2ccccc2C12CCN(Cc1ccccn1)CC2. The van der Waals surface area contributed by atoms with Gasteiger partial charge in [0.05, 0.1) is 17.7 Å². The Kier molecular flexibility index (Phi) is 4.64. The standard InChI is InChI=1S/C25H25N3O/c29-24-25(13-16-27(17-14-25)19-21-10-6-7-15-26-21)22-11-4-5-12-23(22)28(24)18-20-8-2-1-3-9-20/h1-12,15H,13-14,16-19H2. The summed E-state index contributed by atoms with van der Waals surface area (Å²) in [5, 5.41) is 0. The summed E-state index contributed by atoms with van der Waals surface area (Å²) in [6.45, 7) is 3.31. The predicted molar refractivity (Wildman–Crippen MR) is 115 cm³/mol. The van der Waals surface area contributed by atoms with Gasteiger partial charge in [-0.05, 0) is 55.3 Å². The van der Waals surface area contributed by atoms with Crippen LogP contribution in [0.25, 0.3) is 0 Å². The molecular formula is C25H25N3O. The van der Waals surface area contributed by atoms with Crippen LogP contribution in [-0.4, -0.2) is 28.9 Å². The van der Waals surface area contributed by atoms with Gasteiger partial charge in [-0.2, -0.15) is 0 Å². The van der Waals surface area contributed by atoms with E-state index in [1.807, 2.05) is 47.5 Å². The third-order valence-electron chi connectivity index (χ3n) is 6.37. The van der Waals surface area contributed by atoms with Crippen molar-refractivity contribution in [3.05, 3.63) is 95.8 Å². The first-order chi connectivity index (χ1) is 14.3. The molecule has 0 radical (unpaired) electrons. The van der Waals surface area contributed by atoms with E-state index in [4.69, 9.17) is 0 Å². The normalized spacial score (nSPS) is 18.2. The van der Waals surface area contributed by atoms with Gasteiger partial charge in [-0.25, -0.2) is 0 Å². The average molecular weight is 383 g/mol. The molecule has 3 aromatic rings. The van der Waals surface area contributed by atoms with E-state index in [2.05, 4.69) is 46.3 Å². The molecule has 1 fully saturated rings. The molecule has 0 atom stereocenters. The van der Waals surface area contributed by atoms with Gasteiger partial charge in [0.1, 0.15) is 0 Å². The van der Waals surface area contributed by atoms with E-state index in [0.29, 0.717) is 6.54 Å². The molecule has 29 heavy (non-hydrogen) atoms. The van der Waals surface area contributed by atoms with Crippen molar-refractivity contribution in [3.8, 4) is 0 Å². The second kappa shape index (κ2) is 7.45. The predicted octanol–water partition coefficient (Wildman–Crippen LogP) is 4.16. The summed E-state index contributed by atoms with van der Waals surface area (Å²) in [4.78, 5) is 22.6. The van der Waals surface area contributed by atoms with Gasteiger partial charge in [-0.15, -0.1) is 0 Å². The molecule has 4 heteroatoms. The van der Waals surface area contributed by atoms with Crippen LogP contribution in [-0.2, 0) is 23.3 Å². The third-order valence-corrected chi connectivity index (χ3v) is 6.37. The molecule has 2 aliphatic heterocycles. The highest BCUT2D eigenvalue weighted by Crippen LogP contribution is 2.48. The van der Waals surface area contributed by atoms with Crippen molar-refractivity contribution in [2.75, 3.05) is 18.0 Å². The lowest BCUT2D eigenvalue weighted by atomic mass is 9.73. The van der Waals surface area contributed by atoms with Crippen molar-refractivity contribution in [2.45, 2.75) is 31.3 Å². The largest absolute Gasteiger partial charge is 0.307 e. The van der Waals surface area contributed by atoms with Gasteiger partial charge in [0.2, 0.25) is 5.91 Å². The highest BCUT2D eigenvalue weighted by atomic mass is 16.2. The van der Waals surface area contributed by atoms with Gasteiger partial charge in [0, 0.05) is 18.4 Å². The molecule has 146 valence electrons. The molecule has 3 heterocycles. The first-order valence-corrected chi connectivity index (χ1v) is 10.3. The Morgan fingerprint density at radius 3 is 2.31 bits per heavy atom. The number of aromatic nitrogens is 1. The molecule has 1 aromatic heterocycles. The summed E-state index contributed by atoms with van der Waals surface area (Å²) in [6, 6.07) is 24.7. The Balaban J connectivity index is 1.38. The number of likely N-dealkylation sites (tertiary alicyclic amines) is 1. The van der Waals surface area contributed by atoms with Crippen LogP contribution in [0.5, 0.6) is 0 Å². The Labute approximate surface area is 171 Å². The zero-order valence-electron chi connectivity index (χ0n) is 16.5. The Morgan fingerprint density at radius 1 is 0.828 bits per heavy atom. The zero-order chi connectivity index (χ0) is 19.7. The summed E-state index contributed by atoms with van der Waals surface area (Å²) in [6.07, 6.45) is 3.57. The zero-order valence-corrected chi connectivity index (χ0v) is 16.5. The van der Waals surface area contributed by atoms with Crippen molar-refractivity contribution >= 4 is 11.6 Å². The number of rotatable bonds is 4. The molecule has 1 saturated heterocycles. The molecule has 0 aliphatic carbocycles. The quantitative estimate of drug-likeness (QED) is 0.679. The van der Waals surface area contributed by atoms with E-state index in [0.717, 1.165) is 43.9 Å². The molecule has 1 spiro atoms. The van der Waals surface area contributed by atoms with Crippen LogP contribution >= 0.6 is 0 Å². The molecule has 2 aliphatic rings. The third kappa shape index (κ3) is 3.23. The van der Waals surface area contributed by atoms with Crippen LogP contribution in [0, 0.1) is 0 Å². The fourth-order valence-corrected chi connectivity index (χ4v) is 4.82. The first kappa shape index (κ1) is 18.1. The number of benzene rings is 2. The van der Waals surface area contributed by atoms with Crippen molar-refractivity contribution in [1.29, 1.82) is 0 Å². The number of amides is 1. The number of carbonyl (C=O) groups is 1. The van der Waals surface area contributed by atoms with Crippen LogP contribution in [0.3, 0.4) is 0 Å². The number of piperidine rings is 1. The molecular weight excluding hydrogens is 358 g/mol. The van der Waals surface area contributed by atoms with Crippen molar-refractivity contribution in [1.82, 2.24) is 9.88 Å². The molecule has 0 bridgehead atoms. The molecule has 2 aromatic carbocycles. The van der Waals surface area contributed by atoms with Gasteiger partial charge in [-0.3, -0.25) is 14.7 Å². The smallest absolute Gasteiger partial charge is 0.238 e. The molecule has 4 nitrogen and oxygen atoms in total. The van der Waals surface area contributed by atoms with E-state index in [9.17, 15) is 4.79 Å². The summed E-state index contributed by atoms with van der Waals surface area (Å²) in [7, 11) is 0. The Morgan fingerprint density at radius 2 is 1.55 bits per heavy atom. The van der Waals surface area contributed by atoms with Crippen LogP contribution in [0.2, 0.25) is 0 Å². The van der Waals surface area contributed by atoms with Crippen LogP contribution in [0.1, 0.15) is 29.7 Å². The molecule has 0 saturated carbocycles. The van der Waals surface area contributed by atoms with Gasteiger partial charge >= 0.3 is 0 Å². The lowest BCUT2D eigenvalue weighted by molar-refractivity contribution is -0.125. The minimum Gasteiger partial charge on any atom is -0.307 e. The fourth-order valence-electron chi connectivity index (χ4n) is 4.82. The second-order valence-electron chi connectivity index (χ2n) is 8.07. The lowest BCUT2D eigenvalue weighted by Gasteiger charge is -2.38. The second-order valence-corrected chi connectivity index (χ2v) is 8.07. The van der Waals surface area contributed by atoms with E-state index in [1.165, 1.54) is 11.1 Å². The highest BCUT2D eigenvalue weighted by Gasteiger charge is 2.51. The van der Waals surface area contributed by atoms with Gasteiger partial charge in [0.25, 0.3) is 0 Å². The number of hydrogen-bond acceptors (Lipinski definition) is 3. The topological polar surface area (TPSA) is 36.4 Å². The van der Waals surface area contributed by atoms with Gasteiger partial charge < -0.3 is 4.90 Å². The maximum atomic E-state index is 13.7. The number of anilines is 1. The number of carbonyl (C=O) groups excluding carboxylic acids is 1. The number of para-hydroxylation sites is 1. The number of nitrogens with zero attached hydrogens (tertiary/aromatic N) is 3. The van der Waals surface area contributed by atoms with Crippen molar-refractivity contribution in [3.63, 3.8) is 0 Å². The van der Waals surface area contributed by atoms with Crippen molar-refractivity contribution < 1.29 is 4.79 Å². The Bertz CT molecular complexity index is 995. The van der Waals surface area contributed by atoms with E-state index < -0.39 is 0 Å². The monoisotopic (exact) mass is 383 g/mol. The Hall–Kier alpha value is -2.98. The maximum Gasteiger partial charge on any atom is 0.238 e. The fraction of sp³-hybridized carbons (Fsp3) is 0.280. The van der Waals surface area contributed by atoms with Crippen LogP contribution < -0.4 is 4.90 Å². The summed E-state index contributed by atoms with van der Waals surface area (Å²) >= 11 is 0. The maximum absolute atomic E-state index is 13.7. The first-order valence-electron chi connectivity index (χ1n) is 10.3. The summed E-state index contributed by atoms with van der Waals surface area (Å²) in [5.74, 6) is 0.264.